The third-order valence-corrected chi connectivity index (χ3v) is 9.53. The third kappa shape index (κ3) is 7.17. The van der Waals surface area contributed by atoms with E-state index in [1.54, 1.807) is 37.6 Å². The number of rotatable bonds is 12. The van der Waals surface area contributed by atoms with E-state index in [1.807, 2.05) is 23.7 Å². The fourth-order valence-corrected chi connectivity index (χ4v) is 6.79. The van der Waals surface area contributed by atoms with Gasteiger partial charge in [0.15, 0.2) is 5.82 Å². The van der Waals surface area contributed by atoms with Gasteiger partial charge in [-0.05, 0) is 31.0 Å². The number of pyridine rings is 2. The van der Waals surface area contributed by atoms with E-state index < -0.39 is 5.91 Å². The molecule has 0 radical (unpaired) electrons. The molecule has 5 heterocycles. The summed E-state index contributed by atoms with van der Waals surface area (Å²) >= 11 is 13.8. The standard InChI is InChI=1S/C34H37Cl2FN8O3/c1-44-27-12-16-45(15-4-13-37)19-26(27)41-32(44)33(47)42-25-6-3-5-23(29(25)35)31-30(36)22(11-14-39-31)24-9-7-20(34(43-24)48-2)17-38-18-21-8-10-28(46)40-21/h3,5-7,9,11,14,21,38H,4,8,10,12-13,15-19H2,1-2H3,(H,40,46)(H,42,47)/t21-/m0/s1. The van der Waals surface area contributed by atoms with Crippen molar-refractivity contribution >= 4 is 40.7 Å². The first-order chi connectivity index (χ1) is 23.3. The van der Waals surface area contributed by atoms with Gasteiger partial charge in [0, 0.05) is 87.2 Å². The van der Waals surface area contributed by atoms with Crippen LogP contribution in [0.25, 0.3) is 22.5 Å². The zero-order chi connectivity index (χ0) is 33.8. The number of carbonyl (C=O) groups is 2. The fourth-order valence-electron chi connectivity index (χ4n) is 6.22. The smallest absolute Gasteiger partial charge is 0.291 e. The number of fused-ring (bicyclic) bond motifs is 1. The highest BCUT2D eigenvalue weighted by Gasteiger charge is 2.26. The number of benzene rings is 1. The molecular weight excluding hydrogens is 658 g/mol. The Morgan fingerprint density at radius 3 is 2.75 bits per heavy atom. The Labute approximate surface area is 288 Å². The van der Waals surface area contributed by atoms with Crippen LogP contribution in [0, 0.1) is 0 Å². The molecule has 3 aromatic heterocycles. The van der Waals surface area contributed by atoms with Crippen molar-refractivity contribution < 1.29 is 18.7 Å². The quantitative estimate of drug-likeness (QED) is 0.185. The first-order valence-corrected chi connectivity index (χ1v) is 16.6. The van der Waals surface area contributed by atoms with Crippen LogP contribution in [0.1, 0.15) is 46.8 Å². The Kier molecular flexibility index (Phi) is 10.5. The number of hydrogen-bond acceptors (Lipinski definition) is 8. The topological polar surface area (TPSA) is 126 Å². The zero-order valence-electron chi connectivity index (χ0n) is 26.8. The molecular formula is C34H37Cl2FN8O3. The number of imidazole rings is 1. The summed E-state index contributed by atoms with van der Waals surface area (Å²) in [5.74, 6) is 0.416. The van der Waals surface area contributed by atoms with E-state index in [2.05, 4.69) is 30.8 Å². The van der Waals surface area contributed by atoms with Crippen molar-refractivity contribution in [1.82, 2.24) is 35.1 Å². The van der Waals surface area contributed by atoms with Gasteiger partial charge in [-0.15, -0.1) is 0 Å². The van der Waals surface area contributed by atoms with Crippen molar-refractivity contribution in [2.75, 3.05) is 38.7 Å². The number of amides is 2. The van der Waals surface area contributed by atoms with E-state index >= 15 is 0 Å². The molecule has 48 heavy (non-hydrogen) atoms. The van der Waals surface area contributed by atoms with Gasteiger partial charge in [-0.3, -0.25) is 23.9 Å². The molecule has 0 aliphatic carbocycles. The number of nitrogens with zero attached hydrogens (tertiary/aromatic N) is 5. The maximum Gasteiger partial charge on any atom is 0.291 e. The molecule has 11 nitrogen and oxygen atoms in total. The number of carbonyl (C=O) groups excluding carboxylic acids is 2. The minimum atomic E-state index is -0.395. The van der Waals surface area contributed by atoms with Crippen molar-refractivity contribution in [3.8, 4) is 28.4 Å². The van der Waals surface area contributed by atoms with E-state index in [9.17, 15) is 14.0 Å². The first kappa shape index (κ1) is 33.8. The van der Waals surface area contributed by atoms with Gasteiger partial charge in [0.05, 0.1) is 46.6 Å². The summed E-state index contributed by atoms with van der Waals surface area (Å²) in [5.41, 5.74) is 5.28. The second kappa shape index (κ2) is 15.0. The zero-order valence-corrected chi connectivity index (χ0v) is 28.3. The number of anilines is 1. The van der Waals surface area contributed by atoms with Gasteiger partial charge in [-0.2, -0.15) is 0 Å². The first-order valence-electron chi connectivity index (χ1n) is 15.9. The predicted octanol–water partition coefficient (Wildman–Crippen LogP) is 5.20. The Bertz CT molecular complexity index is 1830. The second-order valence-corrected chi connectivity index (χ2v) is 12.7. The number of methoxy groups -OCH3 is 1. The van der Waals surface area contributed by atoms with Crippen molar-refractivity contribution in [2.45, 2.75) is 44.8 Å². The Morgan fingerprint density at radius 1 is 1.12 bits per heavy atom. The number of hydrogen-bond donors (Lipinski definition) is 3. The predicted molar refractivity (Wildman–Crippen MR) is 183 cm³/mol. The number of nitrogens with one attached hydrogen (secondary N) is 3. The Morgan fingerprint density at radius 2 is 1.98 bits per heavy atom. The molecule has 1 aromatic carbocycles. The highest BCUT2D eigenvalue weighted by atomic mass is 35.5. The van der Waals surface area contributed by atoms with E-state index in [-0.39, 0.29) is 29.5 Å². The van der Waals surface area contributed by atoms with Gasteiger partial charge in [0.1, 0.15) is 0 Å². The van der Waals surface area contributed by atoms with Gasteiger partial charge in [0.2, 0.25) is 11.8 Å². The van der Waals surface area contributed by atoms with Gasteiger partial charge in [-0.1, -0.05) is 41.4 Å². The van der Waals surface area contributed by atoms with Crippen LogP contribution in [-0.4, -0.2) is 75.7 Å². The molecule has 1 saturated heterocycles. The number of aromatic nitrogens is 4. The molecule has 14 heteroatoms. The highest BCUT2D eigenvalue weighted by molar-refractivity contribution is 6.39. The number of alkyl halides is 1. The Hall–Kier alpha value is -4.10. The van der Waals surface area contributed by atoms with Crippen LogP contribution in [0.15, 0.2) is 42.6 Å². The van der Waals surface area contributed by atoms with Gasteiger partial charge >= 0.3 is 0 Å². The lowest BCUT2D eigenvalue weighted by molar-refractivity contribution is -0.119. The minimum absolute atomic E-state index is 0.0831. The molecule has 4 aromatic rings. The maximum absolute atomic E-state index is 13.4. The van der Waals surface area contributed by atoms with Crippen LogP contribution < -0.4 is 20.7 Å². The summed E-state index contributed by atoms with van der Waals surface area (Å²) < 4.78 is 20.1. The second-order valence-electron chi connectivity index (χ2n) is 11.9. The fraction of sp³-hybridized carbons (Fsp3) is 0.382. The average molecular weight is 696 g/mol. The summed E-state index contributed by atoms with van der Waals surface area (Å²) in [7, 11) is 3.39. The van der Waals surface area contributed by atoms with Gasteiger partial charge in [-0.25, -0.2) is 9.97 Å². The SMILES string of the molecule is COc1nc(-c2ccnc(-c3cccc(NC(=O)c4nc5c(n4C)CCN(CCCF)C5)c3Cl)c2Cl)ccc1CNC[C@@H]1CCC(=O)N1. The minimum Gasteiger partial charge on any atom is -0.481 e. The highest BCUT2D eigenvalue weighted by Crippen LogP contribution is 2.40. The van der Waals surface area contributed by atoms with Crippen LogP contribution >= 0.6 is 23.2 Å². The third-order valence-electron chi connectivity index (χ3n) is 8.74. The summed E-state index contributed by atoms with van der Waals surface area (Å²) in [5, 5.41) is 9.85. The number of halogens is 3. The molecule has 0 bridgehead atoms. The van der Waals surface area contributed by atoms with Crippen LogP contribution in [0.5, 0.6) is 5.88 Å². The molecule has 1 fully saturated rings. The summed E-state index contributed by atoms with van der Waals surface area (Å²) in [6.07, 6.45) is 4.22. The molecule has 1 atom stereocenters. The lowest BCUT2D eigenvalue weighted by atomic mass is 10.1. The number of ether oxygens (including phenoxy) is 1. The van der Waals surface area contributed by atoms with Crippen molar-refractivity contribution in [3.63, 3.8) is 0 Å². The summed E-state index contributed by atoms with van der Waals surface area (Å²) in [6, 6.07) is 11.0. The van der Waals surface area contributed by atoms with E-state index in [0.29, 0.717) is 78.1 Å². The van der Waals surface area contributed by atoms with E-state index in [4.69, 9.17) is 32.9 Å². The Balaban J connectivity index is 1.19. The van der Waals surface area contributed by atoms with Crippen LogP contribution in [0.3, 0.4) is 0 Å². The molecule has 6 rings (SSSR count). The van der Waals surface area contributed by atoms with Crippen LogP contribution in [0.4, 0.5) is 10.1 Å². The van der Waals surface area contributed by atoms with Gasteiger partial charge in [0.25, 0.3) is 5.91 Å². The molecule has 2 amide bonds. The molecule has 0 unspecified atom stereocenters. The van der Waals surface area contributed by atoms with Crippen molar-refractivity contribution in [2.24, 2.45) is 7.05 Å². The molecule has 252 valence electrons. The summed E-state index contributed by atoms with van der Waals surface area (Å²) in [6.45, 7) is 2.85. The summed E-state index contributed by atoms with van der Waals surface area (Å²) in [4.78, 5) is 41.0. The van der Waals surface area contributed by atoms with Gasteiger partial charge < -0.3 is 25.3 Å². The van der Waals surface area contributed by atoms with Crippen LogP contribution in [-0.2, 0) is 31.4 Å². The van der Waals surface area contributed by atoms with E-state index in [0.717, 1.165) is 36.3 Å². The van der Waals surface area contributed by atoms with Crippen molar-refractivity contribution in [1.29, 1.82) is 0 Å². The largest absolute Gasteiger partial charge is 0.481 e. The van der Waals surface area contributed by atoms with Crippen molar-refractivity contribution in [3.05, 3.63) is 75.4 Å². The molecule has 2 aliphatic rings. The molecule has 2 aliphatic heterocycles. The maximum atomic E-state index is 13.4. The monoisotopic (exact) mass is 694 g/mol. The lowest BCUT2D eigenvalue weighted by Gasteiger charge is -2.26. The average Bonchev–Trinajstić information content (AvgIpc) is 3.66. The molecule has 0 spiro atoms. The van der Waals surface area contributed by atoms with Crippen LogP contribution in [0.2, 0.25) is 10.0 Å². The van der Waals surface area contributed by atoms with E-state index in [1.165, 1.54) is 0 Å². The lowest BCUT2D eigenvalue weighted by Crippen LogP contribution is -2.35. The normalized spacial score (nSPS) is 16.1. The molecule has 0 saturated carbocycles. The molecule has 3 N–H and O–H groups in total.